The highest BCUT2D eigenvalue weighted by atomic mass is 79.9. The molecule has 1 atom stereocenters. The van der Waals surface area contributed by atoms with Crippen molar-refractivity contribution >= 4 is 62.9 Å². The molecule has 46 heavy (non-hydrogen) atoms. The third kappa shape index (κ3) is 8.80. The van der Waals surface area contributed by atoms with E-state index in [0.717, 1.165) is 16.7 Å². The number of carbonyl (C=O) groups excluding carboxylic acids is 3. The lowest BCUT2D eigenvalue weighted by atomic mass is 10.1. The minimum Gasteiger partial charge on any atom is -0.322 e. The molecule has 3 N–H and O–H groups in total. The summed E-state index contributed by atoms with van der Waals surface area (Å²) in [6.45, 7) is 1.95. The van der Waals surface area contributed by atoms with Gasteiger partial charge in [-0.05, 0) is 72.7 Å². The molecule has 0 spiro atoms. The summed E-state index contributed by atoms with van der Waals surface area (Å²) in [5.74, 6) is -1.90. The van der Waals surface area contributed by atoms with E-state index in [2.05, 4.69) is 31.9 Å². The summed E-state index contributed by atoms with van der Waals surface area (Å²) in [4.78, 5) is 40.8. The van der Waals surface area contributed by atoms with Crippen LogP contribution in [0.1, 0.15) is 32.3 Å². The molecule has 0 aliphatic heterocycles. The van der Waals surface area contributed by atoms with Crippen molar-refractivity contribution in [3.8, 4) is 0 Å². The minimum absolute atomic E-state index is 0.0653. The smallest absolute Gasteiger partial charge is 0.272 e. The van der Waals surface area contributed by atoms with Crippen molar-refractivity contribution in [1.82, 2.24) is 5.32 Å². The van der Waals surface area contributed by atoms with E-state index in [1.54, 1.807) is 54.6 Å². The van der Waals surface area contributed by atoms with Crippen LogP contribution in [0.25, 0.3) is 6.08 Å². The van der Waals surface area contributed by atoms with E-state index in [0.29, 0.717) is 20.6 Å². The first-order valence-electron chi connectivity index (χ1n) is 14.3. The Balaban J connectivity index is 1.38. The van der Waals surface area contributed by atoms with Gasteiger partial charge >= 0.3 is 0 Å². The molecule has 0 aliphatic rings. The van der Waals surface area contributed by atoms with Gasteiger partial charge in [0.25, 0.3) is 11.8 Å². The number of nitrogens with one attached hydrogen (secondary N) is 3. The predicted molar refractivity (Wildman–Crippen MR) is 186 cm³/mol. The quantitative estimate of drug-likeness (QED) is 0.101. The van der Waals surface area contributed by atoms with Gasteiger partial charge in [0.15, 0.2) is 0 Å². The maximum Gasteiger partial charge on any atom is 0.272 e. The van der Waals surface area contributed by atoms with Crippen LogP contribution in [-0.2, 0) is 9.59 Å². The third-order valence-corrected chi connectivity index (χ3v) is 8.50. The molecule has 1 unspecified atom stereocenters. The topological polar surface area (TPSA) is 87.3 Å². The van der Waals surface area contributed by atoms with E-state index >= 15 is 0 Å². The number of hydrogen-bond acceptors (Lipinski definition) is 4. The Hall–Kier alpha value is -4.99. The van der Waals surface area contributed by atoms with Crippen LogP contribution in [0.2, 0.25) is 0 Å². The summed E-state index contributed by atoms with van der Waals surface area (Å²) in [6.07, 6.45) is 1.62. The van der Waals surface area contributed by atoms with Gasteiger partial charge in [-0.1, -0.05) is 100 Å². The molecular weight excluding hydrogens is 665 g/mol. The third-order valence-electron chi connectivity index (χ3n) is 6.76. The van der Waals surface area contributed by atoms with Crippen LogP contribution in [0.15, 0.2) is 142 Å². The lowest BCUT2D eigenvalue weighted by Gasteiger charge is -2.18. The molecule has 5 rings (SSSR count). The van der Waals surface area contributed by atoms with Crippen LogP contribution in [-0.4, -0.2) is 17.7 Å². The lowest BCUT2D eigenvalue weighted by Crippen LogP contribution is -2.30. The highest BCUT2D eigenvalue weighted by Crippen LogP contribution is 2.37. The van der Waals surface area contributed by atoms with Gasteiger partial charge in [-0.25, -0.2) is 4.39 Å². The van der Waals surface area contributed by atoms with Gasteiger partial charge in [-0.3, -0.25) is 14.4 Å². The zero-order valence-corrected chi connectivity index (χ0v) is 27.1. The van der Waals surface area contributed by atoms with E-state index in [-0.39, 0.29) is 11.4 Å². The molecule has 6 nitrogen and oxygen atoms in total. The molecule has 0 saturated carbocycles. The normalized spacial score (nSPS) is 11.8. The second-order valence-electron chi connectivity index (χ2n) is 10.3. The first-order valence-corrected chi connectivity index (χ1v) is 16.0. The average Bonchev–Trinajstić information content (AvgIpc) is 3.05. The zero-order chi connectivity index (χ0) is 32.5. The first kappa shape index (κ1) is 32.4. The highest BCUT2D eigenvalue weighted by Gasteiger charge is 2.24. The summed E-state index contributed by atoms with van der Waals surface area (Å²) in [5.41, 5.74) is 3.50. The highest BCUT2D eigenvalue weighted by molar-refractivity contribution is 9.10. The van der Waals surface area contributed by atoms with Gasteiger partial charge in [0, 0.05) is 20.6 Å². The maximum absolute atomic E-state index is 14.6. The molecular formula is C37H29BrFN3O3S. The minimum atomic E-state index is -0.725. The molecule has 0 heterocycles. The van der Waals surface area contributed by atoms with Crippen molar-refractivity contribution in [2.75, 3.05) is 10.6 Å². The molecule has 5 aromatic rings. The number of amides is 3. The fraction of sp³-hybridized carbons (Fsp3) is 0.0541. The monoisotopic (exact) mass is 693 g/mol. The van der Waals surface area contributed by atoms with Crippen LogP contribution in [0.5, 0.6) is 0 Å². The Morgan fingerprint density at radius 3 is 2.22 bits per heavy atom. The average molecular weight is 695 g/mol. The molecule has 5 aromatic carbocycles. The van der Waals surface area contributed by atoms with Crippen molar-refractivity contribution in [1.29, 1.82) is 0 Å². The van der Waals surface area contributed by atoms with Gasteiger partial charge in [0.05, 0.1) is 5.69 Å². The molecule has 230 valence electrons. The fourth-order valence-corrected chi connectivity index (χ4v) is 5.96. The van der Waals surface area contributed by atoms with Gasteiger partial charge in [0.2, 0.25) is 5.91 Å². The fourth-order valence-electron chi connectivity index (χ4n) is 4.54. The lowest BCUT2D eigenvalue weighted by molar-refractivity contribution is -0.116. The van der Waals surface area contributed by atoms with Crippen molar-refractivity contribution in [2.45, 2.75) is 17.1 Å². The number of anilines is 2. The molecule has 0 fully saturated rings. The van der Waals surface area contributed by atoms with E-state index in [1.807, 2.05) is 73.7 Å². The van der Waals surface area contributed by atoms with Crippen LogP contribution in [0.4, 0.5) is 15.8 Å². The Bertz CT molecular complexity index is 1900. The van der Waals surface area contributed by atoms with Gasteiger partial charge in [-0.15, -0.1) is 11.8 Å². The molecule has 0 saturated heterocycles. The Morgan fingerprint density at radius 2 is 1.50 bits per heavy atom. The van der Waals surface area contributed by atoms with Crippen LogP contribution >= 0.6 is 27.7 Å². The van der Waals surface area contributed by atoms with Gasteiger partial charge in [0.1, 0.15) is 16.8 Å². The number of benzene rings is 5. The summed E-state index contributed by atoms with van der Waals surface area (Å²) >= 11 is 4.50. The predicted octanol–water partition coefficient (Wildman–Crippen LogP) is 8.78. The number of carbonyl (C=O) groups is 3. The first-order chi connectivity index (χ1) is 22.2. The van der Waals surface area contributed by atoms with Crippen LogP contribution in [0.3, 0.4) is 0 Å². The van der Waals surface area contributed by atoms with Crippen molar-refractivity contribution in [2.24, 2.45) is 0 Å². The number of hydrogen-bond donors (Lipinski definition) is 3. The molecule has 9 heteroatoms. The zero-order valence-electron chi connectivity index (χ0n) is 24.7. The SMILES string of the molecule is Cc1cccc(/C=C(/NC(=O)c2ccccc2)C(=O)Nc2cccc(SC(C(=O)Nc3ccc(Br)cc3F)c3ccccc3)c2)c1. The van der Waals surface area contributed by atoms with E-state index < -0.39 is 28.8 Å². The summed E-state index contributed by atoms with van der Waals surface area (Å²) in [5, 5.41) is 7.61. The Kier molecular flexibility index (Phi) is 10.8. The maximum atomic E-state index is 14.6. The second kappa shape index (κ2) is 15.3. The van der Waals surface area contributed by atoms with E-state index in [9.17, 15) is 18.8 Å². The molecule has 0 aliphatic carbocycles. The number of halogens is 2. The summed E-state index contributed by atoms with van der Waals surface area (Å²) in [7, 11) is 0. The van der Waals surface area contributed by atoms with Crippen molar-refractivity contribution in [3.63, 3.8) is 0 Å². The largest absolute Gasteiger partial charge is 0.322 e. The molecule has 0 bridgehead atoms. The van der Waals surface area contributed by atoms with E-state index in [1.165, 1.54) is 23.9 Å². The molecule has 3 amide bonds. The summed E-state index contributed by atoms with van der Waals surface area (Å²) < 4.78 is 15.1. The number of thioether (sulfide) groups is 1. The van der Waals surface area contributed by atoms with Crippen molar-refractivity contribution < 1.29 is 18.8 Å². The van der Waals surface area contributed by atoms with E-state index in [4.69, 9.17) is 0 Å². The Labute approximate surface area is 279 Å². The number of rotatable bonds is 10. The van der Waals surface area contributed by atoms with Gasteiger partial charge in [-0.2, -0.15) is 0 Å². The Morgan fingerprint density at radius 1 is 0.783 bits per heavy atom. The standard InChI is InChI=1S/C37H29BrFN3O3S/c1-24-10-8-11-25(20-24)21-33(42-35(43)27-14-6-3-7-15-27)36(44)40-29-16-9-17-30(23-29)46-34(26-12-4-2-5-13-26)37(45)41-32-19-18-28(38)22-31(32)39/h2-23,34H,1H3,(H,40,44)(H,41,45)(H,42,43)/b33-21+. The van der Waals surface area contributed by atoms with Crippen molar-refractivity contribution in [3.05, 3.63) is 166 Å². The van der Waals surface area contributed by atoms with Gasteiger partial charge < -0.3 is 16.0 Å². The van der Waals surface area contributed by atoms with Crippen LogP contribution in [0, 0.1) is 12.7 Å². The summed E-state index contributed by atoms with van der Waals surface area (Å²) in [6, 6.07) is 36.9. The molecule has 0 radical (unpaired) electrons. The second-order valence-corrected chi connectivity index (χ2v) is 12.4. The van der Waals surface area contributed by atoms with Crippen LogP contribution < -0.4 is 16.0 Å². The number of aryl methyl sites for hydroxylation is 1. The molecule has 0 aromatic heterocycles.